The van der Waals surface area contributed by atoms with Crippen LogP contribution < -0.4 is 5.32 Å². The number of hydrogen-bond acceptors (Lipinski definition) is 2. The van der Waals surface area contributed by atoms with Crippen molar-refractivity contribution in [1.82, 2.24) is 10.2 Å². The minimum atomic E-state index is -0.405. The first-order valence-corrected chi connectivity index (χ1v) is 15.9. The summed E-state index contributed by atoms with van der Waals surface area (Å²) in [6.45, 7) is 11.6. The Hall–Kier alpha value is -2.10. The van der Waals surface area contributed by atoms with Crippen molar-refractivity contribution in [3.05, 3.63) is 47.5 Å². The number of carbonyl (C=O) groups excluding carboxylic acids is 2. The highest BCUT2D eigenvalue weighted by atomic mass is 16.2. The van der Waals surface area contributed by atoms with E-state index in [2.05, 4.69) is 70.3 Å². The number of amides is 3. The molecule has 212 valence electrons. The Bertz CT molecular complexity index is 1140. The summed E-state index contributed by atoms with van der Waals surface area (Å²) in [7, 11) is 0. The van der Waals surface area contributed by atoms with E-state index in [1.165, 1.54) is 49.7 Å². The van der Waals surface area contributed by atoms with Crippen molar-refractivity contribution in [3.8, 4) is 0 Å². The molecule has 1 aromatic carbocycles. The molecule has 1 aliphatic heterocycles. The molecule has 0 unspecified atom stereocenters. The van der Waals surface area contributed by atoms with Crippen LogP contribution in [0, 0.1) is 28.6 Å². The van der Waals surface area contributed by atoms with Crippen molar-refractivity contribution in [3.63, 3.8) is 0 Å². The number of imide groups is 1. The van der Waals surface area contributed by atoms with E-state index >= 15 is 0 Å². The fourth-order valence-corrected chi connectivity index (χ4v) is 9.93. The number of urea groups is 1. The zero-order chi connectivity index (χ0) is 27.6. The molecule has 1 heterocycles. The number of hydrogen-bond donors (Lipinski definition) is 1. The van der Waals surface area contributed by atoms with Crippen molar-refractivity contribution >= 4 is 11.9 Å². The second kappa shape index (κ2) is 9.48. The van der Waals surface area contributed by atoms with Crippen LogP contribution in [0.5, 0.6) is 0 Å². The molecule has 0 bridgehead atoms. The minimum Gasteiger partial charge on any atom is -0.328 e. The van der Waals surface area contributed by atoms with Crippen LogP contribution >= 0.6 is 0 Å². The van der Waals surface area contributed by atoms with Crippen molar-refractivity contribution in [2.24, 2.45) is 28.6 Å². The average Bonchev–Trinajstić information content (AvgIpc) is 3.31. The Morgan fingerprint density at radius 3 is 2.28 bits per heavy atom. The zero-order valence-electron chi connectivity index (χ0n) is 25.0. The summed E-state index contributed by atoms with van der Waals surface area (Å²) in [6.07, 6.45) is 17.9. The summed E-state index contributed by atoms with van der Waals surface area (Å²) in [6, 6.07) is 8.67. The third-order valence-electron chi connectivity index (χ3n) is 12.2. The molecule has 5 aliphatic rings. The molecule has 6 rings (SSSR count). The molecule has 0 aromatic heterocycles. The van der Waals surface area contributed by atoms with Gasteiger partial charge in [-0.05, 0) is 91.1 Å². The van der Waals surface area contributed by atoms with Crippen molar-refractivity contribution in [1.29, 1.82) is 0 Å². The first-order chi connectivity index (χ1) is 18.5. The fourth-order valence-electron chi connectivity index (χ4n) is 9.93. The lowest BCUT2D eigenvalue weighted by Gasteiger charge is -2.59. The predicted octanol–water partition coefficient (Wildman–Crippen LogP) is 8.25. The highest BCUT2D eigenvalue weighted by molar-refractivity contribution is 6.02. The zero-order valence-corrected chi connectivity index (χ0v) is 25.0. The van der Waals surface area contributed by atoms with Gasteiger partial charge in [-0.3, -0.25) is 9.69 Å². The summed E-state index contributed by atoms with van der Waals surface area (Å²) < 4.78 is 0. The minimum absolute atomic E-state index is 0.0501. The normalized spacial score (nSPS) is 37.6. The summed E-state index contributed by atoms with van der Waals surface area (Å²) >= 11 is 0. The standard InChI is InChI=1S/C35H50N2O2/c1-32(2,3)24-11-13-25(14-12-24)35(20-7-6-8-21-35)36-31(39)37-29-16-15-26-27-10-9-19-33(27,4)22-17-28(26)34(29,5)23-18-30(37)38/h11-14,18,23,26-29H,6-10,15-17,19-22H2,1-5H3,(H,36,39)/t26-,27-,28-,29+,33-,34+/m0/s1. The fraction of sp³-hybridized carbons (Fsp3) is 0.714. The van der Waals surface area contributed by atoms with Crippen LogP contribution in [0.4, 0.5) is 4.79 Å². The first kappa shape index (κ1) is 27.1. The van der Waals surface area contributed by atoms with E-state index < -0.39 is 5.54 Å². The second-order valence-electron chi connectivity index (χ2n) is 15.4. The number of nitrogens with zero attached hydrogens (tertiary/aromatic N) is 1. The van der Waals surface area contributed by atoms with Gasteiger partial charge in [0.05, 0.1) is 11.6 Å². The lowest BCUT2D eigenvalue weighted by Crippen LogP contribution is -2.64. The molecule has 39 heavy (non-hydrogen) atoms. The molecule has 6 atom stereocenters. The Kier molecular flexibility index (Phi) is 6.59. The lowest BCUT2D eigenvalue weighted by atomic mass is 9.48. The van der Waals surface area contributed by atoms with Gasteiger partial charge in [0.1, 0.15) is 0 Å². The molecular formula is C35H50N2O2. The van der Waals surface area contributed by atoms with Crippen LogP contribution in [0.25, 0.3) is 0 Å². The third kappa shape index (κ3) is 4.39. The van der Waals surface area contributed by atoms with Crippen LogP contribution in [-0.4, -0.2) is 22.9 Å². The van der Waals surface area contributed by atoms with Gasteiger partial charge < -0.3 is 5.32 Å². The largest absolute Gasteiger partial charge is 0.328 e. The predicted molar refractivity (Wildman–Crippen MR) is 157 cm³/mol. The molecule has 4 fully saturated rings. The Balaban J connectivity index is 1.28. The quantitative estimate of drug-likeness (QED) is 0.418. The van der Waals surface area contributed by atoms with E-state index in [1.807, 2.05) is 0 Å². The molecule has 0 radical (unpaired) electrons. The summed E-state index contributed by atoms with van der Waals surface area (Å²) in [5, 5.41) is 3.50. The van der Waals surface area contributed by atoms with Gasteiger partial charge in [0.2, 0.25) is 0 Å². The van der Waals surface area contributed by atoms with E-state index in [1.54, 1.807) is 11.0 Å². The molecular weight excluding hydrogens is 480 g/mol. The Morgan fingerprint density at radius 1 is 0.872 bits per heavy atom. The highest BCUT2D eigenvalue weighted by Crippen LogP contribution is 2.64. The molecule has 1 N–H and O–H groups in total. The summed E-state index contributed by atoms with van der Waals surface area (Å²) in [5.74, 6) is 1.95. The van der Waals surface area contributed by atoms with Gasteiger partial charge in [-0.25, -0.2) is 4.79 Å². The topological polar surface area (TPSA) is 49.4 Å². The van der Waals surface area contributed by atoms with E-state index in [0.717, 1.165) is 50.4 Å². The highest BCUT2D eigenvalue weighted by Gasteiger charge is 2.59. The van der Waals surface area contributed by atoms with Crippen LogP contribution in [0.3, 0.4) is 0 Å². The monoisotopic (exact) mass is 530 g/mol. The summed E-state index contributed by atoms with van der Waals surface area (Å²) in [5.41, 5.74) is 2.54. The molecule has 4 nitrogen and oxygen atoms in total. The second-order valence-corrected chi connectivity index (χ2v) is 15.4. The number of fused-ring (bicyclic) bond motifs is 5. The molecule has 4 aliphatic carbocycles. The van der Waals surface area contributed by atoms with E-state index in [9.17, 15) is 9.59 Å². The Labute approximate surface area is 236 Å². The maximum Gasteiger partial charge on any atom is 0.325 e. The van der Waals surface area contributed by atoms with Gasteiger partial charge in [-0.15, -0.1) is 0 Å². The van der Waals surface area contributed by atoms with Crippen LogP contribution in [-0.2, 0) is 15.7 Å². The van der Waals surface area contributed by atoms with Crippen LogP contribution in [0.2, 0.25) is 0 Å². The summed E-state index contributed by atoms with van der Waals surface area (Å²) in [4.78, 5) is 29.3. The Morgan fingerprint density at radius 2 is 1.59 bits per heavy atom. The molecule has 1 aromatic rings. The van der Waals surface area contributed by atoms with Gasteiger partial charge >= 0.3 is 6.03 Å². The van der Waals surface area contributed by atoms with Gasteiger partial charge in [0, 0.05) is 11.5 Å². The first-order valence-electron chi connectivity index (χ1n) is 15.9. The van der Waals surface area contributed by atoms with Crippen molar-refractivity contribution < 1.29 is 9.59 Å². The average molecular weight is 531 g/mol. The van der Waals surface area contributed by atoms with Crippen molar-refractivity contribution in [2.45, 2.75) is 129 Å². The van der Waals surface area contributed by atoms with Gasteiger partial charge in [0.25, 0.3) is 5.91 Å². The van der Waals surface area contributed by atoms with Crippen molar-refractivity contribution in [2.75, 3.05) is 0 Å². The van der Waals surface area contributed by atoms with Crippen LogP contribution in [0.15, 0.2) is 36.4 Å². The van der Waals surface area contributed by atoms with E-state index in [0.29, 0.717) is 11.3 Å². The SMILES string of the molecule is CC(C)(C)c1ccc(C2(NC(=O)N3C(=O)C=C[C@]4(C)[C@H]5CC[C@]6(C)CCC[C@H]6[C@@H]5CC[C@@H]34)CCCCC2)cc1. The number of rotatable bonds is 2. The number of benzene rings is 1. The lowest BCUT2D eigenvalue weighted by molar-refractivity contribution is -0.135. The molecule has 4 heteroatoms. The molecule has 4 saturated carbocycles. The number of carbonyl (C=O) groups is 2. The maximum absolute atomic E-state index is 14.2. The molecule has 3 amide bonds. The number of nitrogens with one attached hydrogen (secondary N) is 1. The maximum atomic E-state index is 14.2. The smallest absolute Gasteiger partial charge is 0.325 e. The van der Waals surface area contributed by atoms with Crippen LogP contribution in [0.1, 0.15) is 123 Å². The van der Waals surface area contributed by atoms with E-state index in [-0.39, 0.29) is 28.8 Å². The van der Waals surface area contributed by atoms with Gasteiger partial charge in [-0.1, -0.05) is 90.6 Å². The van der Waals surface area contributed by atoms with Gasteiger partial charge in [0.15, 0.2) is 0 Å². The van der Waals surface area contributed by atoms with E-state index in [4.69, 9.17) is 0 Å². The molecule has 0 saturated heterocycles. The molecule has 0 spiro atoms. The van der Waals surface area contributed by atoms with Gasteiger partial charge in [-0.2, -0.15) is 0 Å². The third-order valence-corrected chi connectivity index (χ3v) is 12.2.